The van der Waals surface area contributed by atoms with Crippen molar-refractivity contribution in [2.75, 3.05) is 13.7 Å². The maximum Gasteiger partial charge on any atom is 0.143 e. The molecule has 1 saturated heterocycles. The summed E-state index contributed by atoms with van der Waals surface area (Å²) < 4.78 is 17.2. The first-order chi connectivity index (χ1) is 11.6. The number of ketones is 1. The van der Waals surface area contributed by atoms with E-state index in [0.29, 0.717) is 17.7 Å². The standard InChI is InChI=1S/C20H17O4.Y/c1-20(10-23-20)17-8-13-14-7-11-5-3-4-6-12(11)19(21)18(14)16(22-2)9-15(13)24-17;/h3-4,6,9,17H,7-8,10H2,1-2H3;/q-1;/t17-,20-;/m1./s1. The Morgan fingerprint density at radius 2 is 2.16 bits per heavy atom. The van der Waals surface area contributed by atoms with Crippen LogP contribution in [0, 0.1) is 6.07 Å². The Kier molecular flexibility index (Phi) is 4.06. The van der Waals surface area contributed by atoms with Gasteiger partial charge < -0.3 is 19.0 Å². The topological polar surface area (TPSA) is 48.1 Å². The van der Waals surface area contributed by atoms with Crippen molar-refractivity contribution in [3.8, 4) is 11.5 Å². The molecule has 2 aromatic carbocycles. The van der Waals surface area contributed by atoms with Gasteiger partial charge in [0.2, 0.25) is 0 Å². The summed E-state index contributed by atoms with van der Waals surface area (Å²) in [6.45, 7) is 2.79. The van der Waals surface area contributed by atoms with E-state index in [1.165, 1.54) is 0 Å². The van der Waals surface area contributed by atoms with E-state index in [1.54, 1.807) is 7.11 Å². The van der Waals surface area contributed by atoms with Crippen LogP contribution in [0.4, 0.5) is 0 Å². The molecule has 2 heterocycles. The van der Waals surface area contributed by atoms with Crippen LogP contribution in [0.15, 0.2) is 24.3 Å². The van der Waals surface area contributed by atoms with E-state index < -0.39 is 0 Å². The van der Waals surface area contributed by atoms with Crippen LogP contribution in [0.1, 0.15) is 39.5 Å². The van der Waals surface area contributed by atoms with Crippen LogP contribution >= 0.6 is 0 Å². The predicted molar refractivity (Wildman–Crippen MR) is 87.0 cm³/mol. The van der Waals surface area contributed by atoms with Crippen molar-refractivity contribution in [3.63, 3.8) is 0 Å². The van der Waals surface area contributed by atoms with Crippen LogP contribution in [0.25, 0.3) is 0 Å². The van der Waals surface area contributed by atoms with Gasteiger partial charge in [-0.1, -0.05) is 5.56 Å². The van der Waals surface area contributed by atoms with E-state index in [0.717, 1.165) is 41.0 Å². The molecule has 0 N–H and O–H groups in total. The monoisotopic (exact) mass is 410 g/mol. The smallest absolute Gasteiger partial charge is 0.143 e. The summed E-state index contributed by atoms with van der Waals surface area (Å²) in [7, 11) is 1.60. The van der Waals surface area contributed by atoms with Crippen LogP contribution in [-0.4, -0.2) is 31.2 Å². The fraction of sp³-hybridized carbons (Fsp3) is 0.350. The molecule has 25 heavy (non-hydrogen) atoms. The van der Waals surface area contributed by atoms with Gasteiger partial charge in [0.05, 0.1) is 19.3 Å². The fourth-order valence-electron chi connectivity index (χ4n) is 3.82. The summed E-state index contributed by atoms with van der Waals surface area (Å²) in [5, 5.41) is 0. The van der Waals surface area contributed by atoms with E-state index in [2.05, 4.69) is 13.0 Å². The van der Waals surface area contributed by atoms with E-state index in [-0.39, 0.29) is 50.2 Å². The van der Waals surface area contributed by atoms with Crippen LogP contribution in [0.2, 0.25) is 0 Å². The average molecular weight is 410 g/mol. The molecule has 2 atom stereocenters. The normalized spacial score (nSPS) is 25.2. The number of carbonyl (C=O) groups is 1. The molecule has 3 aliphatic rings. The second kappa shape index (κ2) is 5.90. The van der Waals surface area contributed by atoms with Gasteiger partial charge in [0.1, 0.15) is 29.0 Å². The summed E-state index contributed by atoms with van der Waals surface area (Å²) >= 11 is 0. The number of epoxide rings is 1. The van der Waals surface area contributed by atoms with Crippen LogP contribution in [0.3, 0.4) is 0 Å². The summed E-state index contributed by atoms with van der Waals surface area (Å²) in [5.74, 6) is 1.42. The molecule has 0 spiro atoms. The number of hydrogen-bond acceptors (Lipinski definition) is 4. The summed E-state index contributed by atoms with van der Waals surface area (Å²) in [6.07, 6.45) is 1.46. The molecule has 0 aromatic heterocycles. The summed E-state index contributed by atoms with van der Waals surface area (Å²) in [4.78, 5) is 13.0. The maximum atomic E-state index is 13.0. The quantitative estimate of drug-likeness (QED) is 0.482. The number of carbonyl (C=O) groups excluding carboxylic acids is 1. The molecule has 0 bridgehead atoms. The first-order valence-corrected chi connectivity index (χ1v) is 8.18. The van der Waals surface area contributed by atoms with E-state index in [1.807, 2.05) is 24.3 Å². The van der Waals surface area contributed by atoms with Gasteiger partial charge in [0, 0.05) is 50.8 Å². The van der Waals surface area contributed by atoms with Gasteiger partial charge in [-0.3, -0.25) is 0 Å². The van der Waals surface area contributed by atoms with Gasteiger partial charge in [-0.25, -0.2) is 0 Å². The molecular formula is C20H17O4Y-. The van der Waals surface area contributed by atoms with Crippen molar-refractivity contribution >= 4 is 5.78 Å². The molecular weight excluding hydrogens is 393 g/mol. The molecule has 5 heteroatoms. The van der Waals surface area contributed by atoms with Crippen molar-refractivity contribution in [1.82, 2.24) is 0 Å². The molecule has 4 nitrogen and oxygen atoms in total. The third-order valence-electron chi connectivity index (χ3n) is 5.40. The van der Waals surface area contributed by atoms with Crippen LogP contribution in [-0.2, 0) is 50.3 Å². The Balaban J connectivity index is 0.00000157. The summed E-state index contributed by atoms with van der Waals surface area (Å²) in [6, 6.07) is 10.6. The molecule has 0 unspecified atom stereocenters. The van der Waals surface area contributed by atoms with Crippen molar-refractivity contribution in [1.29, 1.82) is 0 Å². The molecule has 0 saturated carbocycles. The molecule has 1 radical (unpaired) electrons. The van der Waals surface area contributed by atoms with Crippen LogP contribution in [0.5, 0.6) is 11.5 Å². The molecule has 2 aliphatic heterocycles. The number of benzene rings is 2. The average Bonchev–Trinajstić information content (AvgIpc) is 3.19. The second-order valence-corrected chi connectivity index (χ2v) is 6.89. The van der Waals surface area contributed by atoms with E-state index >= 15 is 0 Å². The minimum Gasteiger partial charge on any atom is -0.496 e. The molecule has 2 aromatic rings. The van der Waals surface area contributed by atoms with Gasteiger partial charge >= 0.3 is 0 Å². The zero-order valence-corrected chi connectivity index (χ0v) is 17.1. The van der Waals surface area contributed by atoms with Crippen molar-refractivity contribution in [2.24, 2.45) is 0 Å². The molecule has 1 aliphatic carbocycles. The van der Waals surface area contributed by atoms with Gasteiger partial charge in [-0.05, 0) is 18.9 Å². The Labute approximate surface area is 171 Å². The Hall–Kier alpha value is -1.23. The number of fused-ring (bicyclic) bond motifs is 4. The summed E-state index contributed by atoms with van der Waals surface area (Å²) in [5.41, 5.74) is 4.27. The first-order valence-electron chi connectivity index (χ1n) is 8.18. The molecule has 125 valence electrons. The maximum absolute atomic E-state index is 13.0. The Morgan fingerprint density at radius 3 is 2.88 bits per heavy atom. The molecule has 0 amide bonds. The number of rotatable bonds is 2. The van der Waals surface area contributed by atoms with Gasteiger partial charge in [-0.2, -0.15) is 24.3 Å². The number of hydrogen-bond donors (Lipinski definition) is 0. The first kappa shape index (κ1) is 17.2. The molecule has 1 fully saturated rings. The Morgan fingerprint density at radius 1 is 1.36 bits per heavy atom. The van der Waals surface area contributed by atoms with Crippen LogP contribution < -0.4 is 9.47 Å². The van der Waals surface area contributed by atoms with Crippen molar-refractivity contribution < 1.29 is 51.7 Å². The predicted octanol–water partition coefficient (Wildman–Crippen LogP) is 2.72. The number of methoxy groups -OCH3 is 1. The third-order valence-corrected chi connectivity index (χ3v) is 5.40. The van der Waals surface area contributed by atoms with Crippen molar-refractivity contribution in [2.45, 2.75) is 31.5 Å². The van der Waals surface area contributed by atoms with E-state index in [9.17, 15) is 4.79 Å². The largest absolute Gasteiger partial charge is 0.496 e. The zero-order chi connectivity index (χ0) is 16.5. The van der Waals surface area contributed by atoms with Crippen molar-refractivity contribution in [3.05, 3.63) is 58.1 Å². The second-order valence-electron chi connectivity index (χ2n) is 6.89. The zero-order valence-electron chi connectivity index (χ0n) is 14.2. The van der Waals surface area contributed by atoms with Gasteiger partial charge in [-0.15, -0.1) is 5.56 Å². The van der Waals surface area contributed by atoms with Gasteiger partial charge in [0.25, 0.3) is 0 Å². The minimum absolute atomic E-state index is 0. The fourth-order valence-corrected chi connectivity index (χ4v) is 3.82. The number of ether oxygens (including phenoxy) is 3. The third kappa shape index (κ3) is 2.49. The molecule has 5 rings (SSSR count). The van der Waals surface area contributed by atoms with Gasteiger partial charge in [0.15, 0.2) is 0 Å². The van der Waals surface area contributed by atoms with E-state index in [4.69, 9.17) is 14.2 Å². The SMILES string of the molecule is COc1cc2c(c3c1C(=O)c1ccc[c-]c1C3)C[C@H]([C@@]1(C)CO1)O2.[Y]. The Bertz CT molecular complexity index is 886. The minimum atomic E-state index is -0.207.